The number of rotatable bonds is 10. The van der Waals surface area contributed by atoms with Gasteiger partial charge in [0, 0.05) is 0 Å². The molecule has 1 unspecified atom stereocenters. The maximum atomic E-state index is 2.71. The fourth-order valence-electron chi connectivity index (χ4n) is 4.90. The third-order valence-electron chi connectivity index (χ3n) is 6.57. The molecule has 0 aliphatic carbocycles. The van der Waals surface area contributed by atoms with Crippen LogP contribution in [0.4, 0.5) is 0 Å². The number of hydrogen-bond acceptors (Lipinski definition) is 0. The minimum absolute atomic E-state index is 0.669. The average molecular weight is 307 g/mol. The van der Waals surface area contributed by atoms with E-state index in [4.69, 9.17) is 0 Å². The summed E-state index contributed by atoms with van der Waals surface area (Å²) in [6.07, 6.45) is 8.50. The molecule has 0 spiro atoms. The van der Waals surface area contributed by atoms with Gasteiger partial charge in [0.15, 0.2) is 0 Å². The first kappa shape index (κ1) is 21.2. The van der Waals surface area contributed by atoms with Gasteiger partial charge in [0.1, 0.15) is 0 Å². The first-order valence-corrected chi connectivity index (χ1v) is 14.9. The Kier molecular flexibility index (Phi) is 9.95. The molecule has 0 aromatic rings. The summed E-state index contributed by atoms with van der Waals surface area (Å²) in [5, 5.41) is 0.669. The van der Waals surface area contributed by atoms with Gasteiger partial charge in [-0.15, -0.1) is 0 Å². The molecular formula is C18H39NaSi. The molecule has 0 fully saturated rings. The second kappa shape index (κ2) is 9.38. The van der Waals surface area contributed by atoms with Gasteiger partial charge >= 0.3 is 148 Å². The van der Waals surface area contributed by atoms with Gasteiger partial charge in [0.05, 0.1) is 0 Å². The second-order valence-electron chi connectivity index (χ2n) is 8.03. The third kappa shape index (κ3) is 4.37. The van der Waals surface area contributed by atoms with Gasteiger partial charge in [0.2, 0.25) is 0 Å². The van der Waals surface area contributed by atoms with Crippen LogP contribution in [0.2, 0.25) is 16.1 Å². The normalized spacial score (nSPS) is 16.2. The summed E-state index contributed by atoms with van der Waals surface area (Å²) in [6.45, 7) is 20.1. The monoisotopic (exact) mass is 306 g/mol. The van der Waals surface area contributed by atoms with Gasteiger partial charge in [-0.3, -0.25) is 0 Å². The van der Waals surface area contributed by atoms with Crippen LogP contribution in [0.25, 0.3) is 0 Å². The zero-order chi connectivity index (χ0) is 16.0. The molecule has 0 nitrogen and oxygen atoms in total. The summed E-state index contributed by atoms with van der Waals surface area (Å²) in [5.41, 5.74) is 1.89. The second-order valence-corrected chi connectivity index (χ2v) is 19.0. The van der Waals surface area contributed by atoms with Crippen LogP contribution >= 0.6 is 0 Å². The molecule has 0 heterocycles. The summed E-state index contributed by atoms with van der Waals surface area (Å²) in [6, 6.07) is 0. The van der Waals surface area contributed by atoms with Gasteiger partial charge in [0.25, 0.3) is 0 Å². The Morgan fingerprint density at radius 3 is 1.50 bits per heavy atom. The van der Waals surface area contributed by atoms with Crippen molar-refractivity contribution in [1.82, 2.24) is 0 Å². The minimum atomic E-state index is -1.18. The van der Waals surface area contributed by atoms with E-state index in [0.717, 1.165) is 17.0 Å². The van der Waals surface area contributed by atoms with E-state index in [1.54, 1.807) is 0 Å². The summed E-state index contributed by atoms with van der Waals surface area (Å²) in [7, 11) is 0. The standard InChI is InChI=1S/C18H39Si.Na/c1-9-12-17(13-10-2)18(8,14-11-3)19(15(4)5)16(6)7;/h15-17H,9-14H2,1-8H3;. The summed E-state index contributed by atoms with van der Waals surface area (Å²) in [5.74, 6) is 0.978. The van der Waals surface area contributed by atoms with Crippen LogP contribution in [0.15, 0.2) is 0 Å². The fourth-order valence-corrected chi connectivity index (χ4v) is 12.8. The van der Waals surface area contributed by atoms with Crippen molar-refractivity contribution in [3.05, 3.63) is 0 Å². The van der Waals surface area contributed by atoms with Crippen LogP contribution in [-0.2, 0) is 0 Å². The predicted molar refractivity (Wildman–Crippen MR) is 98.3 cm³/mol. The Labute approximate surface area is 147 Å². The van der Waals surface area contributed by atoms with E-state index in [-0.39, 0.29) is 0 Å². The quantitative estimate of drug-likeness (QED) is 0.394. The molecule has 0 saturated heterocycles. The molecule has 0 radical (unpaired) electrons. The zero-order valence-corrected chi connectivity index (χ0v) is 19.0. The fraction of sp³-hybridized carbons (Fsp3) is 1.00. The molecule has 0 bridgehead atoms. The molecule has 0 saturated carbocycles. The molecule has 116 valence electrons. The molecule has 0 rings (SSSR count). The van der Waals surface area contributed by atoms with Crippen molar-refractivity contribution in [3.8, 4) is 0 Å². The van der Waals surface area contributed by atoms with E-state index in [1.165, 1.54) is 65.5 Å². The first-order valence-electron chi connectivity index (χ1n) is 9.22. The molecule has 0 aliphatic heterocycles. The van der Waals surface area contributed by atoms with Gasteiger partial charge in [-0.05, 0) is 0 Å². The topological polar surface area (TPSA) is 0 Å². The van der Waals surface area contributed by atoms with Crippen molar-refractivity contribution in [2.24, 2.45) is 5.92 Å². The van der Waals surface area contributed by atoms with Crippen molar-refractivity contribution in [2.45, 2.75) is 110 Å². The van der Waals surface area contributed by atoms with Crippen LogP contribution in [0.1, 0.15) is 93.9 Å². The number of hydrogen-bond donors (Lipinski definition) is 0. The van der Waals surface area contributed by atoms with E-state index >= 15 is 0 Å². The SMILES string of the molecule is CCCC(CCC)C(C)(CCC)[Si]([Na])(C(C)C)C(C)C. The van der Waals surface area contributed by atoms with Crippen LogP contribution in [0.5, 0.6) is 0 Å². The average Bonchev–Trinajstić information content (AvgIpc) is 2.36. The molecule has 2 heteroatoms. The van der Waals surface area contributed by atoms with Crippen molar-refractivity contribution in [3.63, 3.8) is 0 Å². The van der Waals surface area contributed by atoms with Crippen molar-refractivity contribution in [1.29, 1.82) is 0 Å². The van der Waals surface area contributed by atoms with E-state index in [9.17, 15) is 0 Å². The molecule has 0 amide bonds. The summed E-state index contributed by atoms with van der Waals surface area (Å²) >= 11 is 1.46. The Balaban J connectivity index is 5.73. The molecule has 1 atom stereocenters. The Bertz CT molecular complexity index is 248. The Hall–Kier alpha value is 1.22. The van der Waals surface area contributed by atoms with E-state index < -0.39 is 4.63 Å². The van der Waals surface area contributed by atoms with Gasteiger partial charge in [-0.1, -0.05) is 0 Å². The van der Waals surface area contributed by atoms with Gasteiger partial charge in [-0.25, -0.2) is 0 Å². The zero-order valence-electron chi connectivity index (χ0n) is 16.0. The van der Waals surface area contributed by atoms with Crippen molar-refractivity contribution >= 4 is 31.7 Å². The maximum absolute atomic E-state index is 2.71. The van der Waals surface area contributed by atoms with Crippen LogP contribution in [0.3, 0.4) is 0 Å². The Morgan fingerprint density at radius 1 is 0.850 bits per heavy atom. The van der Waals surface area contributed by atoms with E-state index in [0.29, 0.717) is 5.04 Å². The molecule has 0 N–H and O–H groups in total. The summed E-state index contributed by atoms with van der Waals surface area (Å²) < 4.78 is -1.18. The predicted octanol–water partition coefficient (Wildman–Crippen LogP) is 6.70. The Morgan fingerprint density at radius 2 is 1.25 bits per heavy atom. The van der Waals surface area contributed by atoms with Crippen molar-refractivity contribution in [2.75, 3.05) is 0 Å². The molecule has 0 aromatic carbocycles. The van der Waals surface area contributed by atoms with Crippen LogP contribution < -0.4 is 0 Å². The van der Waals surface area contributed by atoms with Gasteiger partial charge < -0.3 is 0 Å². The molecule has 0 aromatic heterocycles. The summed E-state index contributed by atoms with van der Waals surface area (Å²) in [4.78, 5) is 0. The first-order chi connectivity index (χ1) is 9.22. The van der Waals surface area contributed by atoms with E-state index in [1.807, 2.05) is 0 Å². The van der Waals surface area contributed by atoms with Crippen LogP contribution in [-0.4, -0.2) is 31.7 Å². The van der Waals surface area contributed by atoms with Gasteiger partial charge in [-0.2, -0.15) is 0 Å². The van der Waals surface area contributed by atoms with Crippen LogP contribution in [0, 0.1) is 5.92 Å². The molecule has 20 heavy (non-hydrogen) atoms. The molecular weight excluding hydrogens is 267 g/mol. The third-order valence-corrected chi connectivity index (χ3v) is 24.8. The van der Waals surface area contributed by atoms with E-state index in [2.05, 4.69) is 55.4 Å². The van der Waals surface area contributed by atoms with Crippen molar-refractivity contribution < 1.29 is 0 Å². The molecule has 0 aliphatic rings.